The van der Waals surface area contributed by atoms with E-state index in [1.807, 2.05) is 66.7 Å². The van der Waals surface area contributed by atoms with E-state index in [0.29, 0.717) is 5.69 Å². The van der Waals surface area contributed by atoms with Crippen LogP contribution in [0.5, 0.6) is 0 Å². The van der Waals surface area contributed by atoms with Crippen molar-refractivity contribution in [1.29, 1.82) is 5.41 Å². The Labute approximate surface area is 162 Å². The minimum absolute atomic E-state index is 0. The molecule has 0 saturated carbocycles. The number of nitrogens with one attached hydrogen (secondary N) is 2. The normalized spacial score (nSPS) is 10.5. The van der Waals surface area contributed by atoms with Crippen LogP contribution in [0.3, 0.4) is 0 Å². The Bertz CT molecular complexity index is 1100. The lowest BCUT2D eigenvalue weighted by atomic mass is 10.1. The number of hydrogen-bond acceptors (Lipinski definition) is 2. The van der Waals surface area contributed by atoms with Crippen LogP contribution in [0.15, 0.2) is 72.8 Å². The maximum absolute atomic E-state index is 12.9. The molecule has 0 aliphatic rings. The van der Waals surface area contributed by atoms with E-state index in [2.05, 4.69) is 4.98 Å². The maximum Gasteiger partial charge on any atom is 0.277 e. The molecule has 27 heavy (non-hydrogen) atoms. The summed E-state index contributed by atoms with van der Waals surface area (Å²) in [4.78, 5) is 17.3. The number of halogens is 1. The molecule has 1 amide bonds. The standard InChI is InChI=1S/C21H18N4O.ClH/c22-21(23)25(13-14-9-10-15-5-1-2-6-16(15)11-14)20(26)19-12-17-7-3-4-8-18(17)24-19;/h1-12,24H,13H2,(H3,22,23);1H. The number of fused-ring (bicyclic) bond motifs is 2. The summed E-state index contributed by atoms with van der Waals surface area (Å²) < 4.78 is 0. The number of amides is 1. The third-order valence-electron chi connectivity index (χ3n) is 4.45. The Morgan fingerprint density at radius 2 is 1.59 bits per heavy atom. The van der Waals surface area contributed by atoms with E-state index in [0.717, 1.165) is 27.2 Å². The number of guanidine groups is 1. The highest BCUT2D eigenvalue weighted by Gasteiger charge is 2.20. The molecular weight excluding hydrogens is 360 g/mol. The number of aromatic nitrogens is 1. The lowest BCUT2D eigenvalue weighted by Gasteiger charge is -2.20. The Balaban J connectivity index is 0.00000210. The van der Waals surface area contributed by atoms with Gasteiger partial charge in [0.25, 0.3) is 5.91 Å². The molecule has 3 aromatic carbocycles. The van der Waals surface area contributed by atoms with Gasteiger partial charge in [0.1, 0.15) is 5.69 Å². The summed E-state index contributed by atoms with van der Waals surface area (Å²) >= 11 is 0. The van der Waals surface area contributed by atoms with Crippen LogP contribution >= 0.6 is 12.4 Å². The highest BCUT2D eigenvalue weighted by molar-refractivity contribution is 6.05. The Kier molecular flexibility index (Phi) is 5.14. The largest absolute Gasteiger partial charge is 0.370 e. The molecule has 5 nitrogen and oxygen atoms in total. The van der Waals surface area contributed by atoms with E-state index in [4.69, 9.17) is 11.1 Å². The predicted octanol–water partition coefficient (Wildman–Crippen LogP) is 4.28. The molecule has 0 radical (unpaired) electrons. The number of rotatable bonds is 3. The Morgan fingerprint density at radius 1 is 0.926 bits per heavy atom. The minimum Gasteiger partial charge on any atom is -0.370 e. The van der Waals surface area contributed by atoms with Crippen molar-refractivity contribution in [3.05, 3.63) is 84.1 Å². The van der Waals surface area contributed by atoms with E-state index >= 15 is 0 Å². The van der Waals surface area contributed by atoms with Crippen molar-refractivity contribution >= 4 is 45.9 Å². The fourth-order valence-corrected chi connectivity index (χ4v) is 3.12. The number of carbonyl (C=O) groups is 1. The van der Waals surface area contributed by atoms with Gasteiger partial charge in [0.05, 0.1) is 6.54 Å². The van der Waals surface area contributed by atoms with Gasteiger partial charge >= 0.3 is 0 Å². The first kappa shape index (κ1) is 18.5. The van der Waals surface area contributed by atoms with Crippen LogP contribution in [0.4, 0.5) is 0 Å². The lowest BCUT2D eigenvalue weighted by molar-refractivity contribution is 0.0833. The fourth-order valence-electron chi connectivity index (χ4n) is 3.12. The van der Waals surface area contributed by atoms with Gasteiger partial charge in [-0.3, -0.25) is 15.1 Å². The zero-order valence-corrected chi connectivity index (χ0v) is 15.3. The number of hydrogen-bond donors (Lipinski definition) is 3. The molecule has 0 unspecified atom stereocenters. The van der Waals surface area contributed by atoms with Crippen LogP contribution in [-0.2, 0) is 6.54 Å². The van der Waals surface area contributed by atoms with Crippen molar-refractivity contribution in [2.24, 2.45) is 5.73 Å². The monoisotopic (exact) mass is 378 g/mol. The molecule has 0 aliphatic heterocycles. The van der Waals surface area contributed by atoms with Crippen LogP contribution in [0.1, 0.15) is 16.1 Å². The van der Waals surface area contributed by atoms with Crippen LogP contribution in [0.2, 0.25) is 0 Å². The first-order valence-electron chi connectivity index (χ1n) is 8.33. The van der Waals surface area contributed by atoms with Crippen molar-refractivity contribution < 1.29 is 4.79 Å². The van der Waals surface area contributed by atoms with Crippen molar-refractivity contribution in [2.45, 2.75) is 6.54 Å². The number of H-pyrrole nitrogens is 1. The first-order chi connectivity index (χ1) is 12.6. The molecule has 0 atom stereocenters. The molecule has 0 spiro atoms. The second kappa shape index (κ2) is 7.51. The zero-order valence-electron chi connectivity index (χ0n) is 14.5. The molecule has 136 valence electrons. The Morgan fingerprint density at radius 3 is 2.30 bits per heavy atom. The van der Waals surface area contributed by atoms with E-state index in [1.54, 1.807) is 6.07 Å². The van der Waals surface area contributed by atoms with Crippen LogP contribution in [0.25, 0.3) is 21.7 Å². The number of benzene rings is 3. The third kappa shape index (κ3) is 3.64. The molecule has 4 aromatic rings. The maximum atomic E-state index is 12.9. The first-order valence-corrected chi connectivity index (χ1v) is 8.33. The molecular formula is C21H19ClN4O. The molecule has 1 heterocycles. The Hall–Kier alpha value is -3.31. The summed E-state index contributed by atoms with van der Waals surface area (Å²) in [5.74, 6) is -0.594. The quantitative estimate of drug-likeness (QED) is 0.367. The zero-order chi connectivity index (χ0) is 18.1. The van der Waals surface area contributed by atoms with Crippen molar-refractivity contribution in [3.63, 3.8) is 0 Å². The average Bonchev–Trinajstić information content (AvgIpc) is 3.09. The summed E-state index contributed by atoms with van der Waals surface area (Å²) in [5.41, 5.74) is 7.92. The van der Waals surface area contributed by atoms with Gasteiger partial charge in [-0.25, -0.2) is 0 Å². The van der Waals surface area contributed by atoms with Gasteiger partial charge < -0.3 is 10.7 Å². The van der Waals surface area contributed by atoms with Crippen molar-refractivity contribution in [3.8, 4) is 0 Å². The van der Waals surface area contributed by atoms with Gasteiger partial charge in [0.2, 0.25) is 0 Å². The van der Waals surface area contributed by atoms with Gasteiger partial charge in [-0.15, -0.1) is 12.4 Å². The molecule has 4 N–H and O–H groups in total. The molecule has 6 heteroatoms. The lowest BCUT2D eigenvalue weighted by Crippen LogP contribution is -2.40. The van der Waals surface area contributed by atoms with E-state index in [1.165, 1.54) is 4.90 Å². The van der Waals surface area contributed by atoms with Gasteiger partial charge in [0, 0.05) is 10.9 Å². The van der Waals surface area contributed by atoms with Gasteiger partial charge in [-0.1, -0.05) is 54.6 Å². The number of nitrogens with zero attached hydrogens (tertiary/aromatic N) is 1. The number of carbonyl (C=O) groups excluding carboxylic acids is 1. The summed E-state index contributed by atoms with van der Waals surface area (Å²) in [6.07, 6.45) is 0. The van der Waals surface area contributed by atoms with Gasteiger partial charge in [0.15, 0.2) is 5.96 Å². The second-order valence-electron chi connectivity index (χ2n) is 6.23. The topological polar surface area (TPSA) is 86.0 Å². The SMILES string of the molecule is Cl.N=C(N)N(Cc1ccc2ccccc2c1)C(=O)c1cc2ccccc2[nH]1. The van der Waals surface area contributed by atoms with Crippen LogP contribution in [-0.4, -0.2) is 21.8 Å². The van der Waals surface area contributed by atoms with Gasteiger partial charge in [-0.2, -0.15) is 0 Å². The summed E-state index contributed by atoms with van der Waals surface area (Å²) in [5, 5.41) is 11.0. The smallest absolute Gasteiger partial charge is 0.277 e. The van der Waals surface area contributed by atoms with Crippen LogP contribution in [0, 0.1) is 5.41 Å². The summed E-state index contributed by atoms with van der Waals surface area (Å²) in [6.45, 7) is 0.244. The molecule has 1 aromatic heterocycles. The highest BCUT2D eigenvalue weighted by atomic mass is 35.5. The van der Waals surface area contributed by atoms with Crippen molar-refractivity contribution in [1.82, 2.24) is 9.88 Å². The van der Waals surface area contributed by atoms with E-state index in [9.17, 15) is 4.79 Å². The van der Waals surface area contributed by atoms with Gasteiger partial charge in [-0.05, 0) is 34.5 Å². The number of aromatic amines is 1. The molecule has 0 fully saturated rings. The minimum atomic E-state index is -0.318. The molecule has 0 bridgehead atoms. The highest BCUT2D eigenvalue weighted by Crippen LogP contribution is 2.19. The summed E-state index contributed by atoms with van der Waals surface area (Å²) in [6, 6.07) is 23.5. The predicted molar refractivity (Wildman–Crippen MR) is 111 cm³/mol. The average molecular weight is 379 g/mol. The third-order valence-corrected chi connectivity index (χ3v) is 4.45. The van der Waals surface area contributed by atoms with Crippen molar-refractivity contribution in [2.75, 3.05) is 0 Å². The summed E-state index contributed by atoms with van der Waals surface area (Å²) in [7, 11) is 0. The second-order valence-corrected chi connectivity index (χ2v) is 6.23. The molecule has 0 saturated heterocycles. The molecule has 0 aliphatic carbocycles. The molecule has 4 rings (SSSR count). The van der Waals surface area contributed by atoms with Crippen LogP contribution < -0.4 is 5.73 Å². The fraction of sp³-hybridized carbons (Fsp3) is 0.0476. The number of para-hydroxylation sites is 1. The van der Waals surface area contributed by atoms with E-state index < -0.39 is 0 Å². The number of nitrogens with two attached hydrogens (primary N) is 1. The van der Waals surface area contributed by atoms with E-state index in [-0.39, 0.29) is 30.8 Å².